The Kier molecular flexibility index (Phi) is 7.23. The van der Waals surface area contributed by atoms with E-state index in [9.17, 15) is 22.8 Å². The maximum absolute atomic E-state index is 13.4. The molecule has 0 bridgehead atoms. The highest BCUT2D eigenvalue weighted by molar-refractivity contribution is 5.89. The monoisotopic (exact) mass is 488 g/mol. The minimum Gasteiger partial charge on any atom is -0.369 e. The molecule has 2 fully saturated rings. The van der Waals surface area contributed by atoms with Gasteiger partial charge in [0.25, 0.3) is 0 Å². The Bertz CT molecular complexity index is 1050. The lowest BCUT2D eigenvalue weighted by molar-refractivity contribution is -0.138. The number of carbonyl (C=O) groups is 2. The zero-order chi connectivity index (χ0) is 25.2. The van der Waals surface area contributed by atoms with E-state index in [-0.39, 0.29) is 23.9 Å². The average Bonchev–Trinajstić information content (AvgIpc) is 3.34. The second kappa shape index (κ2) is 10.2. The van der Waals surface area contributed by atoms with E-state index in [4.69, 9.17) is 0 Å². The van der Waals surface area contributed by atoms with Crippen LogP contribution in [0, 0.1) is 0 Å². The van der Waals surface area contributed by atoms with Gasteiger partial charge in [-0.1, -0.05) is 18.2 Å². The summed E-state index contributed by atoms with van der Waals surface area (Å²) in [6, 6.07) is 13.3. The number of carbonyl (C=O) groups excluding carboxylic acids is 2. The second-order valence-electron chi connectivity index (χ2n) is 9.34. The number of likely N-dealkylation sites (tertiary alicyclic amines) is 1. The van der Waals surface area contributed by atoms with Crippen molar-refractivity contribution in [3.05, 3.63) is 59.7 Å². The maximum Gasteiger partial charge on any atom is 0.416 e. The van der Waals surface area contributed by atoms with E-state index in [1.165, 1.54) is 6.07 Å². The summed E-state index contributed by atoms with van der Waals surface area (Å²) in [7, 11) is 1.83. The van der Waals surface area contributed by atoms with Crippen molar-refractivity contribution in [1.82, 2.24) is 9.80 Å². The van der Waals surface area contributed by atoms with E-state index < -0.39 is 11.7 Å². The number of halogens is 3. The second-order valence-corrected chi connectivity index (χ2v) is 9.34. The number of benzene rings is 2. The Morgan fingerprint density at radius 1 is 0.971 bits per heavy atom. The summed E-state index contributed by atoms with van der Waals surface area (Å²) in [6.45, 7) is 4.01. The molecule has 9 heteroatoms. The van der Waals surface area contributed by atoms with Gasteiger partial charge >= 0.3 is 12.2 Å². The fraction of sp³-hybridized carbons (Fsp3) is 0.462. The van der Waals surface area contributed by atoms with Crippen molar-refractivity contribution in [3.8, 4) is 0 Å². The molecule has 0 aliphatic carbocycles. The number of anilines is 2. The maximum atomic E-state index is 13.4. The quantitative estimate of drug-likeness (QED) is 0.646. The summed E-state index contributed by atoms with van der Waals surface area (Å²) in [5.74, 6) is -0.161. The minimum absolute atomic E-state index is 0.0588. The van der Waals surface area contributed by atoms with Crippen LogP contribution in [0.25, 0.3) is 0 Å². The van der Waals surface area contributed by atoms with Crippen LogP contribution in [0.1, 0.15) is 43.2 Å². The zero-order valence-electron chi connectivity index (χ0n) is 20.0. The predicted molar refractivity (Wildman–Crippen MR) is 130 cm³/mol. The number of urea groups is 1. The highest BCUT2D eigenvalue weighted by Crippen LogP contribution is 2.38. The van der Waals surface area contributed by atoms with Crippen LogP contribution in [-0.4, -0.2) is 61.0 Å². The molecule has 35 heavy (non-hydrogen) atoms. The average molecular weight is 489 g/mol. The molecule has 0 radical (unpaired) electrons. The SMILES string of the molecule is CC(=O)N(C)C1CCN(c2ccc(NC(=O)N3CCC(c4ccccc4C(F)(F)F)CC3)cc2)C1. The summed E-state index contributed by atoms with van der Waals surface area (Å²) < 4.78 is 40.1. The van der Waals surface area contributed by atoms with Gasteiger partial charge < -0.3 is 20.0 Å². The lowest BCUT2D eigenvalue weighted by atomic mass is 9.86. The Balaban J connectivity index is 1.30. The molecule has 1 atom stereocenters. The van der Waals surface area contributed by atoms with Crippen LogP contribution in [0.5, 0.6) is 0 Å². The van der Waals surface area contributed by atoms with Gasteiger partial charge in [-0.05, 0) is 61.1 Å². The molecular formula is C26H31F3N4O2. The number of hydrogen-bond donors (Lipinski definition) is 1. The third kappa shape index (κ3) is 5.71. The van der Waals surface area contributed by atoms with E-state index in [1.807, 2.05) is 31.3 Å². The van der Waals surface area contributed by atoms with E-state index in [1.54, 1.807) is 28.9 Å². The van der Waals surface area contributed by atoms with Crippen molar-refractivity contribution in [2.24, 2.45) is 0 Å². The first-order valence-electron chi connectivity index (χ1n) is 11.9. The zero-order valence-corrected chi connectivity index (χ0v) is 20.0. The molecule has 6 nitrogen and oxygen atoms in total. The smallest absolute Gasteiger partial charge is 0.369 e. The summed E-state index contributed by atoms with van der Waals surface area (Å²) >= 11 is 0. The highest BCUT2D eigenvalue weighted by atomic mass is 19.4. The number of piperidine rings is 1. The molecule has 2 aromatic carbocycles. The molecule has 1 N–H and O–H groups in total. The minimum atomic E-state index is -4.38. The standard InChI is InChI=1S/C26H31F3N4O2/c1-18(34)31(2)22-13-16-33(17-22)21-9-7-20(8-10-21)30-25(35)32-14-11-19(12-15-32)23-5-3-4-6-24(23)26(27,28)29/h3-10,19,22H,11-17H2,1-2H3,(H,30,35). The van der Waals surface area contributed by atoms with Gasteiger partial charge in [-0.3, -0.25) is 4.79 Å². The first-order valence-corrected chi connectivity index (χ1v) is 11.9. The fourth-order valence-electron chi connectivity index (χ4n) is 5.01. The molecular weight excluding hydrogens is 457 g/mol. The van der Waals surface area contributed by atoms with Crippen LogP contribution >= 0.6 is 0 Å². The van der Waals surface area contributed by atoms with Gasteiger partial charge in [-0.25, -0.2) is 4.79 Å². The number of likely N-dealkylation sites (N-methyl/N-ethyl adjacent to an activating group) is 1. The first-order chi connectivity index (χ1) is 16.6. The van der Waals surface area contributed by atoms with Crippen molar-refractivity contribution >= 4 is 23.3 Å². The molecule has 2 aliphatic heterocycles. The Labute approximate surface area is 203 Å². The van der Waals surface area contributed by atoms with Crippen molar-refractivity contribution in [3.63, 3.8) is 0 Å². The van der Waals surface area contributed by atoms with Crippen LogP contribution in [0.3, 0.4) is 0 Å². The van der Waals surface area contributed by atoms with Crippen LogP contribution in [0.2, 0.25) is 0 Å². The molecule has 3 amide bonds. The van der Waals surface area contributed by atoms with E-state index in [0.717, 1.165) is 31.3 Å². The van der Waals surface area contributed by atoms with Crippen LogP contribution < -0.4 is 10.2 Å². The van der Waals surface area contributed by atoms with Gasteiger partial charge in [-0.2, -0.15) is 13.2 Å². The van der Waals surface area contributed by atoms with Crippen LogP contribution in [-0.2, 0) is 11.0 Å². The van der Waals surface area contributed by atoms with Crippen LogP contribution in [0.4, 0.5) is 29.3 Å². The van der Waals surface area contributed by atoms with E-state index >= 15 is 0 Å². The number of rotatable bonds is 4. The lowest BCUT2D eigenvalue weighted by Gasteiger charge is -2.33. The van der Waals surface area contributed by atoms with Gasteiger partial charge in [0, 0.05) is 51.5 Å². The van der Waals surface area contributed by atoms with Crippen LogP contribution in [0.15, 0.2) is 48.5 Å². The molecule has 0 spiro atoms. The molecule has 188 valence electrons. The molecule has 1 unspecified atom stereocenters. The van der Waals surface area contributed by atoms with E-state index in [2.05, 4.69) is 10.2 Å². The third-order valence-corrected chi connectivity index (χ3v) is 7.18. The van der Waals surface area contributed by atoms with Gasteiger partial charge in [0.1, 0.15) is 0 Å². The molecule has 2 aromatic rings. The van der Waals surface area contributed by atoms with Crippen molar-refractivity contribution in [2.75, 3.05) is 43.4 Å². The molecule has 0 saturated carbocycles. The van der Waals surface area contributed by atoms with Gasteiger partial charge in [0.05, 0.1) is 11.6 Å². The van der Waals surface area contributed by atoms with Gasteiger partial charge in [-0.15, -0.1) is 0 Å². The summed E-state index contributed by atoms with van der Waals surface area (Å²) in [5, 5.41) is 2.90. The first kappa shape index (κ1) is 24.9. The highest BCUT2D eigenvalue weighted by Gasteiger charge is 2.36. The van der Waals surface area contributed by atoms with Crippen molar-refractivity contribution < 1.29 is 22.8 Å². The van der Waals surface area contributed by atoms with Crippen molar-refractivity contribution in [2.45, 2.75) is 44.3 Å². The van der Waals surface area contributed by atoms with Gasteiger partial charge in [0.15, 0.2) is 0 Å². The number of nitrogens with zero attached hydrogens (tertiary/aromatic N) is 3. The number of alkyl halides is 3. The molecule has 2 heterocycles. The Morgan fingerprint density at radius 3 is 2.26 bits per heavy atom. The Hall–Kier alpha value is -3.23. The fourth-order valence-corrected chi connectivity index (χ4v) is 5.01. The molecule has 0 aromatic heterocycles. The van der Waals surface area contributed by atoms with Crippen molar-refractivity contribution in [1.29, 1.82) is 0 Å². The molecule has 2 saturated heterocycles. The third-order valence-electron chi connectivity index (χ3n) is 7.18. The summed E-state index contributed by atoms with van der Waals surface area (Å²) in [4.78, 5) is 30.0. The number of nitrogens with one attached hydrogen (secondary N) is 1. The predicted octanol–water partition coefficient (Wildman–Crippen LogP) is 5.17. The molecule has 4 rings (SSSR count). The normalized spacial score (nSPS) is 19.1. The number of amides is 3. The topological polar surface area (TPSA) is 55.9 Å². The lowest BCUT2D eigenvalue weighted by Crippen LogP contribution is -2.40. The van der Waals surface area contributed by atoms with Gasteiger partial charge in [0.2, 0.25) is 5.91 Å². The molecule has 2 aliphatic rings. The summed E-state index contributed by atoms with van der Waals surface area (Å²) in [6.07, 6.45) is -2.48. The summed E-state index contributed by atoms with van der Waals surface area (Å²) in [5.41, 5.74) is 1.43. The Morgan fingerprint density at radius 2 is 1.63 bits per heavy atom. The van der Waals surface area contributed by atoms with E-state index in [0.29, 0.717) is 37.2 Å². The largest absolute Gasteiger partial charge is 0.416 e. The number of hydrogen-bond acceptors (Lipinski definition) is 3.